The number of benzene rings is 5. The van der Waals surface area contributed by atoms with E-state index in [4.69, 9.17) is 12.5 Å². The van der Waals surface area contributed by atoms with Crippen LogP contribution in [0.15, 0.2) is 130 Å². The minimum absolute atomic E-state index is 0.0959. The number of hydrogen-bond acceptors (Lipinski definition) is 16. The van der Waals surface area contributed by atoms with E-state index in [1.807, 2.05) is 0 Å². The summed E-state index contributed by atoms with van der Waals surface area (Å²) in [5.41, 5.74) is -2.36. The number of carbonyl (C=O) groups is 1. The van der Waals surface area contributed by atoms with Gasteiger partial charge in [-0.1, -0.05) is 30.3 Å². The molecule has 0 aliphatic carbocycles. The fourth-order valence-corrected chi connectivity index (χ4v) is 7.21. The summed E-state index contributed by atoms with van der Waals surface area (Å²) in [6, 6.07) is 18.0. The van der Waals surface area contributed by atoms with Crippen molar-refractivity contribution in [2.24, 2.45) is 0 Å². The van der Waals surface area contributed by atoms with Crippen LogP contribution in [-0.4, -0.2) is 45.8 Å². The molecule has 0 saturated heterocycles. The van der Waals surface area contributed by atoms with E-state index in [0.29, 0.717) is 0 Å². The molecule has 0 aromatic heterocycles. The third-order valence-electron chi connectivity index (χ3n) is 6.95. The molecule has 19 nitrogen and oxygen atoms in total. The van der Waals surface area contributed by atoms with E-state index in [-0.39, 0.29) is 5.56 Å². The third-order valence-corrected chi connectivity index (χ3v) is 10.7. The van der Waals surface area contributed by atoms with Gasteiger partial charge in [-0.05, 0) is 48.5 Å². The Balaban J connectivity index is 1.74. The molecule has 0 fully saturated rings. The van der Waals surface area contributed by atoms with E-state index in [1.54, 1.807) is 6.07 Å². The van der Waals surface area contributed by atoms with Crippen LogP contribution in [0.4, 0.5) is 17.1 Å². The highest BCUT2D eigenvalue weighted by molar-refractivity contribution is 7.87. The smallest absolute Gasteiger partial charge is 0.339 e. The highest BCUT2D eigenvalue weighted by atomic mass is 32.2. The Morgan fingerprint density at radius 3 is 1.19 bits per heavy atom. The Morgan fingerprint density at radius 2 is 0.811 bits per heavy atom. The van der Waals surface area contributed by atoms with Crippen LogP contribution in [0.3, 0.4) is 0 Å². The van der Waals surface area contributed by atoms with Crippen molar-refractivity contribution in [2.75, 3.05) is 0 Å². The van der Waals surface area contributed by atoms with E-state index in [2.05, 4.69) is 0 Å². The van der Waals surface area contributed by atoms with Crippen molar-refractivity contribution in [3.8, 4) is 17.2 Å². The summed E-state index contributed by atoms with van der Waals surface area (Å²) in [5, 5.41) is 33.4. The number of nitrogens with zero attached hydrogens (tertiary/aromatic N) is 3. The molecule has 22 heteroatoms. The van der Waals surface area contributed by atoms with Crippen LogP contribution < -0.4 is 12.5 Å². The molecule has 5 aromatic rings. The Kier molecular flexibility index (Phi) is 10.2. The lowest BCUT2D eigenvalue weighted by Gasteiger charge is -2.19. The van der Waals surface area contributed by atoms with Crippen molar-refractivity contribution in [3.05, 3.63) is 157 Å². The van der Waals surface area contributed by atoms with Gasteiger partial charge in [0.05, 0.1) is 20.3 Å². The van der Waals surface area contributed by atoms with Gasteiger partial charge in [-0.3, -0.25) is 35.1 Å². The maximum Gasteiger partial charge on any atom is 0.339 e. The summed E-state index contributed by atoms with van der Waals surface area (Å²) in [4.78, 5) is 42.5. The van der Waals surface area contributed by atoms with E-state index < -0.39 is 105 Å². The van der Waals surface area contributed by atoms with Gasteiger partial charge < -0.3 is 12.5 Å². The molecular formula is C31H19N3O16S3. The molecule has 0 saturated carbocycles. The van der Waals surface area contributed by atoms with Crippen molar-refractivity contribution < 1.29 is 57.4 Å². The van der Waals surface area contributed by atoms with Crippen LogP contribution in [0.2, 0.25) is 0 Å². The van der Waals surface area contributed by atoms with Crippen molar-refractivity contribution in [3.63, 3.8) is 0 Å². The summed E-state index contributed by atoms with van der Waals surface area (Å²) in [6.45, 7) is 0. The summed E-state index contributed by atoms with van der Waals surface area (Å²) >= 11 is 0. The van der Waals surface area contributed by atoms with Gasteiger partial charge in [0.15, 0.2) is 11.5 Å². The van der Waals surface area contributed by atoms with E-state index >= 15 is 0 Å². The van der Waals surface area contributed by atoms with Crippen LogP contribution in [0.25, 0.3) is 0 Å². The number of nitro benzene ring substituents is 3. The quantitative estimate of drug-likeness (QED) is 0.0623. The van der Waals surface area contributed by atoms with Gasteiger partial charge in [0.25, 0.3) is 17.1 Å². The molecule has 5 aromatic carbocycles. The molecule has 272 valence electrons. The second kappa shape index (κ2) is 14.5. The Bertz CT molecular complexity index is 2600. The highest BCUT2D eigenvalue weighted by Gasteiger charge is 2.34. The first-order chi connectivity index (χ1) is 24.9. The van der Waals surface area contributed by atoms with Crippen LogP contribution in [0.1, 0.15) is 15.9 Å². The second-order valence-electron chi connectivity index (χ2n) is 10.3. The lowest BCUT2D eigenvalue weighted by Crippen LogP contribution is -2.18. The van der Waals surface area contributed by atoms with E-state index in [9.17, 15) is 60.4 Å². The Morgan fingerprint density at radius 1 is 0.453 bits per heavy atom. The van der Waals surface area contributed by atoms with Crippen molar-refractivity contribution in [2.45, 2.75) is 14.7 Å². The zero-order valence-corrected chi connectivity index (χ0v) is 28.5. The standard InChI is InChI=1S/C31H19N3O16S3/c35-29(20-4-2-1-3-5-20)27-18-19-28(48-51(42,43)24-12-6-21(7-13-24)32(36)37)31(50-53(46,47)26-16-10-23(11-17-26)34(40)41)30(27)49-52(44,45)25-14-8-22(9-15-25)33(38)39/h1-19H. The fraction of sp³-hybridized carbons (Fsp3) is 0. The van der Waals surface area contributed by atoms with Gasteiger partial charge in [0.1, 0.15) is 14.7 Å². The molecule has 0 N–H and O–H groups in total. The zero-order valence-electron chi connectivity index (χ0n) is 26.1. The monoisotopic (exact) mass is 785 g/mol. The molecule has 5 rings (SSSR count). The van der Waals surface area contributed by atoms with Crippen LogP contribution in [-0.2, 0) is 30.4 Å². The molecule has 0 spiro atoms. The average Bonchev–Trinajstić information content (AvgIpc) is 3.13. The predicted octanol–water partition coefficient (Wildman–Crippen LogP) is 4.95. The number of rotatable bonds is 14. The number of nitro groups is 3. The van der Waals surface area contributed by atoms with Crippen LogP contribution in [0.5, 0.6) is 17.2 Å². The molecule has 0 amide bonds. The molecule has 0 unspecified atom stereocenters. The maximum atomic E-state index is 13.8. The van der Waals surface area contributed by atoms with Crippen molar-refractivity contribution >= 4 is 53.2 Å². The lowest BCUT2D eigenvalue weighted by molar-refractivity contribution is -0.385. The Labute approximate surface area is 298 Å². The van der Waals surface area contributed by atoms with Crippen molar-refractivity contribution in [1.82, 2.24) is 0 Å². The summed E-state index contributed by atoms with van der Waals surface area (Å²) < 4.78 is 96.8. The highest BCUT2D eigenvalue weighted by Crippen LogP contribution is 2.45. The first-order valence-corrected chi connectivity index (χ1v) is 18.5. The summed E-state index contributed by atoms with van der Waals surface area (Å²) in [7, 11) is -15.4. The van der Waals surface area contributed by atoms with Gasteiger partial charge in [0, 0.05) is 42.0 Å². The molecule has 0 aliphatic heterocycles. The number of non-ortho nitro benzene ring substituents is 3. The molecule has 0 aliphatic rings. The summed E-state index contributed by atoms with van der Waals surface area (Å²) in [6.07, 6.45) is 0. The fourth-order valence-electron chi connectivity index (χ4n) is 4.38. The van der Waals surface area contributed by atoms with Crippen molar-refractivity contribution in [1.29, 1.82) is 0 Å². The molecule has 0 bridgehead atoms. The largest absolute Gasteiger partial charge is 0.375 e. The normalized spacial score (nSPS) is 11.6. The van der Waals surface area contributed by atoms with E-state index in [0.717, 1.165) is 84.9 Å². The van der Waals surface area contributed by atoms with Gasteiger partial charge in [0.2, 0.25) is 11.5 Å². The SMILES string of the molecule is O=C(c1ccccc1)c1ccc(OS(=O)(=O)c2ccc([N+](=O)[O-])cc2)c(OS(=O)(=O)c2ccc([N+](=O)[O-])cc2)c1OS(=O)(=O)c1ccc([N+](=O)[O-])cc1. The third kappa shape index (κ3) is 8.24. The zero-order chi connectivity index (χ0) is 38.7. The summed E-state index contributed by atoms with van der Waals surface area (Å²) in [5.74, 6) is -4.62. The molecule has 53 heavy (non-hydrogen) atoms. The lowest BCUT2D eigenvalue weighted by atomic mass is 10.0. The first-order valence-electron chi connectivity index (χ1n) is 14.2. The maximum absolute atomic E-state index is 13.8. The second-order valence-corrected chi connectivity index (χ2v) is 15.0. The molecule has 0 atom stereocenters. The number of hydrogen-bond donors (Lipinski definition) is 0. The van der Waals surface area contributed by atoms with Crippen LogP contribution in [0, 0.1) is 30.3 Å². The van der Waals surface area contributed by atoms with Gasteiger partial charge in [-0.2, -0.15) is 25.3 Å². The van der Waals surface area contributed by atoms with Gasteiger partial charge in [-0.15, -0.1) is 0 Å². The molecule has 0 radical (unpaired) electrons. The molecule has 0 heterocycles. The van der Waals surface area contributed by atoms with Gasteiger partial charge >= 0.3 is 30.4 Å². The first kappa shape index (κ1) is 37.5. The number of ketones is 1. The Hall–Kier alpha value is -6.78. The van der Waals surface area contributed by atoms with Crippen LogP contribution >= 0.6 is 0 Å². The van der Waals surface area contributed by atoms with Gasteiger partial charge in [-0.25, -0.2) is 0 Å². The minimum Gasteiger partial charge on any atom is -0.375 e. The average molecular weight is 786 g/mol. The van der Waals surface area contributed by atoms with E-state index in [1.165, 1.54) is 24.3 Å². The predicted molar refractivity (Wildman–Crippen MR) is 179 cm³/mol. The molecular weight excluding hydrogens is 767 g/mol. The number of carbonyl (C=O) groups excluding carboxylic acids is 1. The minimum atomic E-state index is -5.21. The topological polar surface area (TPSA) is 277 Å².